The number of methoxy groups -OCH3 is 1. The molecule has 35 heavy (non-hydrogen) atoms. The van der Waals surface area contributed by atoms with Crippen LogP contribution in [0.2, 0.25) is 0 Å². The van der Waals surface area contributed by atoms with Crippen LogP contribution in [0.5, 0.6) is 11.5 Å². The molecule has 5 aromatic rings. The number of carbonyl (C=O) groups is 1. The van der Waals surface area contributed by atoms with E-state index in [1.807, 2.05) is 60.7 Å². The quantitative estimate of drug-likeness (QED) is 0.325. The first kappa shape index (κ1) is 22.4. The lowest BCUT2D eigenvalue weighted by Gasteiger charge is -2.19. The van der Waals surface area contributed by atoms with Crippen LogP contribution in [-0.2, 0) is 10.2 Å². The van der Waals surface area contributed by atoms with E-state index in [2.05, 4.69) is 37.9 Å². The second-order valence-electron chi connectivity index (χ2n) is 9.34. The summed E-state index contributed by atoms with van der Waals surface area (Å²) in [6.45, 7) is 6.53. The Bertz CT molecular complexity index is 1550. The second kappa shape index (κ2) is 8.43. The minimum atomic E-state index is -0.561. The van der Waals surface area contributed by atoms with Gasteiger partial charge in [0.2, 0.25) is 0 Å². The number of esters is 1. The van der Waals surface area contributed by atoms with Gasteiger partial charge in [0.05, 0.1) is 18.1 Å². The van der Waals surface area contributed by atoms with Gasteiger partial charge in [-0.25, -0.2) is 14.8 Å². The number of para-hydroxylation sites is 2. The van der Waals surface area contributed by atoms with E-state index in [0.29, 0.717) is 27.9 Å². The van der Waals surface area contributed by atoms with Crippen LogP contribution in [0, 0.1) is 0 Å². The molecule has 0 bridgehead atoms. The van der Waals surface area contributed by atoms with Gasteiger partial charge in [0.15, 0.2) is 5.65 Å². The van der Waals surface area contributed by atoms with E-state index in [-0.39, 0.29) is 16.8 Å². The Morgan fingerprint density at radius 3 is 2.00 bits per heavy atom. The van der Waals surface area contributed by atoms with E-state index in [1.165, 1.54) is 12.7 Å². The third-order valence-electron chi connectivity index (χ3n) is 5.94. The van der Waals surface area contributed by atoms with E-state index < -0.39 is 5.97 Å². The van der Waals surface area contributed by atoms with Crippen LogP contribution >= 0.6 is 0 Å². The number of rotatable bonds is 4. The van der Waals surface area contributed by atoms with Gasteiger partial charge in [0, 0.05) is 5.69 Å². The molecule has 3 aromatic carbocycles. The number of nitrogen functional groups attached to an aromatic ring is 1. The Labute approximate surface area is 203 Å². The molecule has 0 radical (unpaired) electrons. The van der Waals surface area contributed by atoms with Crippen molar-refractivity contribution < 1.29 is 14.3 Å². The maximum absolute atomic E-state index is 12.6. The summed E-state index contributed by atoms with van der Waals surface area (Å²) in [5, 5.41) is 0. The number of ether oxygens (including phenoxy) is 2. The van der Waals surface area contributed by atoms with Gasteiger partial charge >= 0.3 is 5.97 Å². The number of benzene rings is 3. The van der Waals surface area contributed by atoms with Crippen LogP contribution in [0.15, 0.2) is 72.8 Å². The summed E-state index contributed by atoms with van der Waals surface area (Å²) < 4.78 is 12.7. The zero-order valence-corrected chi connectivity index (χ0v) is 20.1. The molecule has 2 aromatic heterocycles. The number of hydrogen-bond donors (Lipinski definition) is 1. The molecule has 0 saturated carbocycles. The van der Waals surface area contributed by atoms with Crippen molar-refractivity contribution in [2.24, 2.45) is 0 Å². The highest BCUT2D eigenvalue weighted by atomic mass is 16.5. The fraction of sp³-hybridized carbons (Fsp3) is 0.179. The molecular weight excluding hydrogens is 440 g/mol. The van der Waals surface area contributed by atoms with Crippen LogP contribution in [0.4, 0.5) is 5.82 Å². The average molecular weight is 467 g/mol. The van der Waals surface area contributed by atoms with E-state index >= 15 is 0 Å². The molecule has 0 unspecified atom stereocenters. The van der Waals surface area contributed by atoms with E-state index in [4.69, 9.17) is 20.2 Å². The number of hydrogen-bond acceptors (Lipinski definition) is 6. The zero-order chi connectivity index (χ0) is 24.7. The molecule has 2 N–H and O–H groups in total. The Morgan fingerprint density at radius 2 is 1.43 bits per heavy atom. The lowest BCUT2D eigenvalue weighted by atomic mass is 9.87. The predicted octanol–water partition coefficient (Wildman–Crippen LogP) is 6.03. The van der Waals surface area contributed by atoms with Crippen LogP contribution in [-0.4, -0.2) is 27.6 Å². The van der Waals surface area contributed by atoms with Crippen molar-refractivity contribution in [2.45, 2.75) is 26.2 Å². The number of fused-ring (bicyclic) bond motifs is 2. The lowest BCUT2D eigenvalue weighted by molar-refractivity contribution is 0.0604. The van der Waals surface area contributed by atoms with Gasteiger partial charge in [-0.2, -0.15) is 0 Å². The molecule has 7 nitrogen and oxygen atoms in total. The van der Waals surface area contributed by atoms with Gasteiger partial charge < -0.3 is 15.2 Å². The van der Waals surface area contributed by atoms with Crippen LogP contribution < -0.4 is 10.5 Å². The normalized spacial score (nSPS) is 11.7. The summed E-state index contributed by atoms with van der Waals surface area (Å²) in [6, 6.07) is 23.0. The fourth-order valence-corrected chi connectivity index (χ4v) is 4.05. The molecule has 0 spiro atoms. The Hall–Kier alpha value is -4.39. The Kier molecular flexibility index (Phi) is 5.40. The van der Waals surface area contributed by atoms with Crippen LogP contribution in [0.25, 0.3) is 27.9 Å². The first-order valence-electron chi connectivity index (χ1n) is 11.3. The second-order valence-corrected chi connectivity index (χ2v) is 9.34. The monoisotopic (exact) mass is 466 g/mol. The van der Waals surface area contributed by atoms with Crippen molar-refractivity contribution in [3.05, 3.63) is 83.9 Å². The van der Waals surface area contributed by atoms with Crippen molar-refractivity contribution in [2.75, 3.05) is 12.8 Å². The molecule has 7 heteroatoms. The largest absolute Gasteiger partial charge is 0.465 e. The summed E-state index contributed by atoms with van der Waals surface area (Å²) in [6.07, 6.45) is 0. The summed E-state index contributed by atoms with van der Waals surface area (Å²) in [5.41, 5.74) is 10.9. The first-order chi connectivity index (χ1) is 16.8. The van der Waals surface area contributed by atoms with Gasteiger partial charge in [0.1, 0.15) is 28.4 Å². The van der Waals surface area contributed by atoms with Gasteiger partial charge in [-0.1, -0.05) is 45.0 Å². The van der Waals surface area contributed by atoms with E-state index in [0.717, 1.165) is 11.4 Å². The van der Waals surface area contributed by atoms with Crippen molar-refractivity contribution in [1.29, 1.82) is 0 Å². The maximum Gasteiger partial charge on any atom is 0.343 e. The first-order valence-corrected chi connectivity index (χ1v) is 11.3. The van der Waals surface area contributed by atoms with Gasteiger partial charge in [0.25, 0.3) is 0 Å². The molecule has 0 aliphatic carbocycles. The molecule has 2 heterocycles. The molecule has 0 aliphatic rings. The summed E-state index contributed by atoms with van der Waals surface area (Å²) >= 11 is 0. The third kappa shape index (κ3) is 4.05. The summed E-state index contributed by atoms with van der Waals surface area (Å²) in [5.74, 6) is 1.09. The third-order valence-corrected chi connectivity index (χ3v) is 5.94. The summed E-state index contributed by atoms with van der Waals surface area (Å²) in [4.78, 5) is 22.0. The number of anilines is 1. The highest BCUT2D eigenvalue weighted by Gasteiger charge is 2.25. The standard InChI is InChI=1S/C28H26N4O3/c1-28(2,3)17-9-13-19(14-10-17)35-20-15-11-18(12-16-20)32-25(29)23(27(33)34-4)24-26(32)31-22-8-6-5-7-21(22)30-24/h5-16H,29H2,1-4H3. The molecule has 5 rings (SSSR count). The molecule has 0 atom stereocenters. The van der Waals surface area contributed by atoms with Crippen LogP contribution in [0.1, 0.15) is 36.7 Å². The summed E-state index contributed by atoms with van der Waals surface area (Å²) in [7, 11) is 1.32. The number of carbonyl (C=O) groups excluding carboxylic acids is 1. The molecule has 0 fully saturated rings. The van der Waals surface area contributed by atoms with Crippen LogP contribution in [0.3, 0.4) is 0 Å². The Morgan fingerprint density at radius 1 is 0.857 bits per heavy atom. The molecule has 0 saturated heterocycles. The Balaban J connectivity index is 1.54. The highest BCUT2D eigenvalue weighted by Crippen LogP contribution is 2.33. The lowest BCUT2D eigenvalue weighted by Crippen LogP contribution is -2.10. The minimum absolute atomic E-state index is 0.0803. The van der Waals surface area contributed by atoms with Crippen molar-refractivity contribution in [3.63, 3.8) is 0 Å². The van der Waals surface area contributed by atoms with E-state index in [9.17, 15) is 4.79 Å². The number of nitrogens with two attached hydrogens (primary N) is 1. The van der Waals surface area contributed by atoms with E-state index in [1.54, 1.807) is 4.57 Å². The van der Waals surface area contributed by atoms with Gasteiger partial charge in [-0.15, -0.1) is 0 Å². The van der Waals surface area contributed by atoms with Crippen molar-refractivity contribution >= 4 is 34.0 Å². The maximum atomic E-state index is 12.6. The van der Waals surface area contributed by atoms with Crippen molar-refractivity contribution in [3.8, 4) is 17.2 Å². The van der Waals surface area contributed by atoms with Crippen molar-refractivity contribution in [1.82, 2.24) is 14.5 Å². The average Bonchev–Trinajstić information content (AvgIpc) is 3.13. The highest BCUT2D eigenvalue weighted by molar-refractivity contribution is 6.08. The molecular formula is C28H26N4O3. The predicted molar refractivity (Wildman–Crippen MR) is 137 cm³/mol. The molecule has 176 valence electrons. The number of aromatic nitrogens is 3. The van der Waals surface area contributed by atoms with Gasteiger partial charge in [-0.05, 0) is 59.5 Å². The topological polar surface area (TPSA) is 92.3 Å². The smallest absolute Gasteiger partial charge is 0.343 e. The zero-order valence-electron chi connectivity index (χ0n) is 20.1. The fourth-order valence-electron chi connectivity index (χ4n) is 4.05. The molecule has 0 amide bonds. The number of nitrogens with zero attached hydrogens (tertiary/aromatic N) is 3. The molecule has 0 aliphatic heterocycles. The minimum Gasteiger partial charge on any atom is -0.465 e. The SMILES string of the molecule is COC(=O)c1c(N)n(-c2ccc(Oc3ccc(C(C)(C)C)cc3)cc2)c2nc3ccccc3nc12. The van der Waals surface area contributed by atoms with Gasteiger partial charge in [-0.3, -0.25) is 4.57 Å².